The summed E-state index contributed by atoms with van der Waals surface area (Å²) in [4.78, 5) is 11.8. The standard InChI is InChI=1S/C11H17N7O/c1-9(8-17-6-3-5-12-17)13-11(19)4-7-18-10(2)14-15-16-18/h3,5-6,9H,4,7-8H2,1-2H3,(H,13,19)/t9-/m0/s1. The van der Waals surface area contributed by atoms with Crippen molar-refractivity contribution in [1.29, 1.82) is 0 Å². The number of hydrogen-bond donors (Lipinski definition) is 1. The van der Waals surface area contributed by atoms with Crippen molar-refractivity contribution in [1.82, 2.24) is 35.3 Å². The predicted molar refractivity (Wildman–Crippen MR) is 67.0 cm³/mol. The smallest absolute Gasteiger partial charge is 0.222 e. The van der Waals surface area contributed by atoms with E-state index in [1.807, 2.05) is 19.2 Å². The van der Waals surface area contributed by atoms with Crippen LogP contribution in [0.2, 0.25) is 0 Å². The first-order chi connectivity index (χ1) is 9.15. The van der Waals surface area contributed by atoms with Gasteiger partial charge in [0, 0.05) is 24.9 Å². The molecule has 0 spiro atoms. The van der Waals surface area contributed by atoms with E-state index in [0.29, 0.717) is 25.3 Å². The van der Waals surface area contributed by atoms with Gasteiger partial charge in [0.25, 0.3) is 0 Å². The van der Waals surface area contributed by atoms with Gasteiger partial charge in [-0.1, -0.05) is 0 Å². The fraction of sp³-hybridized carbons (Fsp3) is 0.545. The van der Waals surface area contributed by atoms with Gasteiger partial charge in [0.1, 0.15) is 5.82 Å². The Bertz CT molecular complexity index is 519. The lowest BCUT2D eigenvalue weighted by Gasteiger charge is -2.13. The minimum atomic E-state index is -0.0189. The lowest BCUT2D eigenvalue weighted by molar-refractivity contribution is -0.122. The van der Waals surface area contributed by atoms with E-state index in [0.717, 1.165) is 0 Å². The highest BCUT2D eigenvalue weighted by atomic mass is 16.1. The molecular formula is C11H17N7O. The molecule has 0 aliphatic heterocycles. The van der Waals surface area contributed by atoms with Gasteiger partial charge in [-0.25, -0.2) is 4.68 Å². The molecule has 0 saturated carbocycles. The van der Waals surface area contributed by atoms with Gasteiger partial charge in [0.15, 0.2) is 0 Å². The number of aryl methyl sites for hydroxylation is 2. The van der Waals surface area contributed by atoms with E-state index in [4.69, 9.17) is 0 Å². The summed E-state index contributed by atoms with van der Waals surface area (Å²) in [7, 11) is 0. The van der Waals surface area contributed by atoms with Crippen LogP contribution in [0, 0.1) is 6.92 Å². The number of nitrogens with one attached hydrogen (secondary N) is 1. The van der Waals surface area contributed by atoms with Gasteiger partial charge >= 0.3 is 0 Å². The summed E-state index contributed by atoms with van der Waals surface area (Å²) < 4.78 is 3.40. The SMILES string of the molecule is Cc1nnnn1CCC(=O)N[C@@H](C)Cn1cccn1. The van der Waals surface area contributed by atoms with Gasteiger partial charge in [0.2, 0.25) is 5.91 Å². The molecule has 0 saturated heterocycles. The Labute approximate surface area is 110 Å². The average Bonchev–Trinajstić information content (AvgIpc) is 2.98. The van der Waals surface area contributed by atoms with Gasteiger partial charge in [-0.15, -0.1) is 5.10 Å². The molecule has 1 atom stereocenters. The molecule has 8 nitrogen and oxygen atoms in total. The van der Waals surface area contributed by atoms with Crippen molar-refractivity contribution in [2.24, 2.45) is 0 Å². The maximum atomic E-state index is 11.8. The van der Waals surface area contributed by atoms with Gasteiger partial charge in [-0.3, -0.25) is 9.48 Å². The molecular weight excluding hydrogens is 246 g/mol. The third-order valence-electron chi connectivity index (χ3n) is 2.69. The van der Waals surface area contributed by atoms with Crippen LogP contribution in [-0.4, -0.2) is 41.9 Å². The molecule has 0 fully saturated rings. The zero-order chi connectivity index (χ0) is 13.7. The van der Waals surface area contributed by atoms with E-state index in [9.17, 15) is 4.79 Å². The van der Waals surface area contributed by atoms with Crippen LogP contribution in [0.25, 0.3) is 0 Å². The number of carbonyl (C=O) groups is 1. The van der Waals surface area contributed by atoms with E-state index >= 15 is 0 Å². The highest BCUT2D eigenvalue weighted by molar-refractivity contribution is 5.76. The first kappa shape index (κ1) is 13.2. The zero-order valence-electron chi connectivity index (χ0n) is 11.0. The quantitative estimate of drug-likeness (QED) is 0.777. The predicted octanol–water partition coefficient (Wildman–Crippen LogP) is -0.227. The summed E-state index contributed by atoms with van der Waals surface area (Å²) in [5.41, 5.74) is 0. The summed E-state index contributed by atoms with van der Waals surface area (Å²) >= 11 is 0. The van der Waals surface area contributed by atoms with Crippen LogP contribution in [0.3, 0.4) is 0 Å². The second-order valence-electron chi connectivity index (χ2n) is 4.40. The number of aromatic nitrogens is 6. The molecule has 2 rings (SSSR count). The minimum Gasteiger partial charge on any atom is -0.352 e. The van der Waals surface area contributed by atoms with Crippen LogP contribution in [0.4, 0.5) is 0 Å². The highest BCUT2D eigenvalue weighted by Gasteiger charge is 2.09. The molecule has 0 radical (unpaired) electrons. The molecule has 0 unspecified atom stereocenters. The average molecular weight is 263 g/mol. The number of amides is 1. The van der Waals surface area contributed by atoms with Crippen molar-refractivity contribution in [3.8, 4) is 0 Å². The van der Waals surface area contributed by atoms with Crippen molar-refractivity contribution in [2.75, 3.05) is 0 Å². The first-order valence-electron chi connectivity index (χ1n) is 6.14. The second kappa shape index (κ2) is 6.07. The van der Waals surface area contributed by atoms with Crippen LogP contribution in [0.5, 0.6) is 0 Å². The van der Waals surface area contributed by atoms with Gasteiger partial charge < -0.3 is 5.32 Å². The number of tetrazole rings is 1. The van der Waals surface area contributed by atoms with Crippen molar-refractivity contribution >= 4 is 5.91 Å². The Hall–Kier alpha value is -2.25. The van der Waals surface area contributed by atoms with E-state index < -0.39 is 0 Å². The van der Waals surface area contributed by atoms with E-state index in [1.54, 1.807) is 22.5 Å². The third kappa shape index (κ3) is 3.87. The molecule has 0 aliphatic rings. The van der Waals surface area contributed by atoms with Crippen molar-refractivity contribution in [3.63, 3.8) is 0 Å². The lowest BCUT2D eigenvalue weighted by Crippen LogP contribution is -2.36. The van der Waals surface area contributed by atoms with Gasteiger partial charge in [0.05, 0.1) is 13.1 Å². The maximum Gasteiger partial charge on any atom is 0.222 e. The molecule has 2 aromatic rings. The molecule has 1 N–H and O–H groups in total. The topological polar surface area (TPSA) is 90.5 Å². The van der Waals surface area contributed by atoms with Gasteiger partial charge in [-0.05, 0) is 30.3 Å². The zero-order valence-corrected chi connectivity index (χ0v) is 11.0. The summed E-state index contributed by atoms with van der Waals surface area (Å²) in [6.07, 6.45) is 3.94. The second-order valence-corrected chi connectivity index (χ2v) is 4.40. The van der Waals surface area contributed by atoms with E-state index in [1.165, 1.54) is 0 Å². The normalized spacial score (nSPS) is 12.3. The number of nitrogens with zero attached hydrogens (tertiary/aromatic N) is 6. The Balaban J connectivity index is 1.73. The number of hydrogen-bond acceptors (Lipinski definition) is 5. The first-order valence-corrected chi connectivity index (χ1v) is 6.14. The largest absolute Gasteiger partial charge is 0.352 e. The summed E-state index contributed by atoms with van der Waals surface area (Å²) in [5, 5.41) is 18.1. The molecule has 19 heavy (non-hydrogen) atoms. The van der Waals surface area contributed by atoms with Crippen LogP contribution in [0.1, 0.15) is 19.2 Å². The Morgan fingerprint density at radius 1 is 1.53 bits per heavy atom. The molecule has 2 heterocycles. The van der Waals surface area contributed by atoms with E-state index in [2.05, 4.69) is 25.9 Å². The van der Waals surface area contributed by atoms with Crippen LogP contribution in [0.15, 0.2) is 18.5 Å². The summed E-state index contributed by atoms with van der Waals surface area (Å²) in [6, 6.07) is 1.89. The molecule has 8 heteroatoms. The highest BCUT2D eigenvalue weighted by Crippen LogP contribution is 1.95. The fourth-order valence-electron chi connectivity index (χ4n) is 1.74. The summed E-state index contributed by atoms with van der Waals surface area (Å²) in [5.74, 6) is 0.687. The monoisotopic (exact) mass is 263 g/mol. The molecule has 1 amide bonds. The van der Waals surface area contributed by atoms with E-state index in [-0.39, 0.29) is 11.9 Å². The minimum absolute atomic E-state index is 0.0189. The number of carbonyl (C=O) groups excluding carboxylic acids is 1. The fourth-order valence-corrected chi connectivity index (χ4v) is 1.74. The molecule has 0 bridgehead atoms. The van der Waals surface area contributed by atoms with Crippen LogP contribution in [-0.2, 0) is 17.9 Å². The van der Waals surface area contributed by atoms with Crippen LogP contribution < -0.4 is 5.32 Å². The van der Waals surface area contributed by atoms with Crippen LogP contribution >= 0.6 is 0 Å². The Morgan fingerprint density at radius 2 is 2.37 bits per heavy atom. The third-order valence-corrected chi connectivity index (χ3v) is 2.69. The molecule has 0 aliphatic carbocycles. The Kier molecular flexibility index (Phi) is 4.22. The lowest BCUT2D eigenvalue weighted by atomic mass is 10.3. The summed E-state index contributed by atoms with van der Waals surface area (Å²) in [6.45, 7) is 4.89. The molecule has 102 valence electrons. The number of rotatable bonds is 6. The molecule has 2 aromatic heterocycles. The molecule has 0 aromatic carbocycles. The maximum absolute atomic E-state index is 11.8. The van der Waals surface area contributed by atoms with Crippen molar-refractivity contribution in [3.05, 3.63) is 24.3 Å². The van der Waals surface area contributed by atoms with Gasteiger partial charge in [-0.2, -0.15) is 5.10 Å². The Morgan fingerprint density at radius 3 is 3.00 bits per heavy atom. The van der Waals surface area contributed by atoms with Crippen molar-refractivity contribution in [2.45, 2.75) is 39.4 Å². The van der Waals surface area contributed by atoms with Crippen molar-refractivity contribution < 1.29 is 4.79 Å².